The number of amides is 1. The van der Waals surface area contributed by atoms with Crippen LogP contribution in [0.4, 0.5) is 5.69 Å². The van der Waals surface area contributed by atoms with Gasteiger partial charge in [0, 0.05) is 17.2 Å². The van der Waals surface area contributed by atoms with Gasteiger partial charge in [-0.05, 0) is 63.2 Å². The lowest BCUT2D eigenvalue weighted by Crippen LogP contribution is -2.38. The minimum Gasteiger partial charge on any atom is -0.497 e. The van der Waals surface area contributed by atoms with Crippen LogP contribution in [0.5, 0.6) is 5.75 Å². The first-order valence-corrected chi connectivity index (χ1v) is 10.2. The number of benzene rings is 2. The Kier molecular flexibility index (Phi) is 6.09. The molecule has 1 aliphatic heterocycles. The molecule has 7 heteroatoms. The first-order valence-electron chi connectivity index (χ1n) is 10.2. The summed E-state index contributed by atoms with van der Waals surface area (Å²) >= 11 is 0. The van der Waals surface area contributed by atoms with E-state index < -0.39 is 0 Å². The van der Waals surface area contributed by atoms with Gasteiger partial charge in [-0.1, -0.05) is 28.9 Å². The molecule has 7 nitrogen and oxygen atoms in total. The van der Waals surface area contributed by atoms with Crippen molar-refractivity contribution in [3.63, 3.8) is 0 Å². The first kappa shape index (κ1) is 20.1. The van der Waals surface area contributed by atoms with Crippen molar-refractivity contribution in [2.75, 3.05) is 32.1 Å². The summed E-state index contributed by atoms with van der Waals surface area (Å²) in [5.41, 5.74) is 2.91. The summed E-state index contributed by atoms with van der Waals surface area (Å²) in [5.74, 6) is 2.31. The number of ether oxygens (including phenoxy) is 1. The smallest absolute Gasteiger partial charge is 0.238 e. The van der Waals surface area contributed by atoms with E-state index in [0.29, 0.717) is 18.3 Å². The third kappa shape index (κ3) is 4.86. The highest BCUT2D eigenvalue weighted by molar-refractivity contribution is 5.92. The Morgan fingerprint density at radius 1 is 1.20 bits per heavy atom. The van der Waals surface area contributed by atoms with Gasteiger partial charge in [-0.25, -0.2) is 0 Å². The Balaban J connectivity index is 1.28. The average molecular weight is 406 g/mol. The molecular weight excluding hydrogens is 380 g/mol. The molecule has 1 aliphatic rings. The van der Waals surface area contributed by atoms with Gasteiger partial charge in [0.2, 0.25) is 17.6 Å². The Labute approximate surface area is 176 Å². The molecule has 30 heavy (non-hydrogen) atoms. The number of hydrogen-bond acceptors (Lipinski definition) is 6. The number of piperidine rings is 1. The van der Waals surface area contributed by atoms with Crippen LogP contribution in [-0.2, 0) is 4.79 Å². The first-order chi connectivity index (χ1) is 14.6. The van der Waals surface area contributed by atoms with E-state index in [-0.39, 0.29) is 11.8 Å². The van der Waals surface area contributed by atoms with Gasteiger partial charge in [0.15, 0.2) is 0 Å². The SMILES string of the molecule is COc1ccc(NC(=O)CN2CCC(c3nc(-c4cccc(C)c4)no3)CC2)cc1. The van der Waals surface area contributed by atoms with Crippen LogP contribution >= 0.6 is 0 Å². The van der Waals surface area contributed by atoms with E-state index in [1.807, 2.05) is 49.4 Å². The molecule has 2 aromatic carbocycles. The fraction of sp³-hybridized carbons (Fsp3) is 0.348. The summed E-state index contributed by atoms with van der Waals surface area (Å²) in [5, 5.41) is 7.09. The molecule has 0 atom stereocenters. The lowest BCUT2D eigenvalue weighted by Gasteiger charge is -2.29. The second kappa shape index (κ2) is 9.09. The molecule has 0 bridgehead atoms. The van der Waals surface area contributed by atoms with Crippen molar-refractivity contribution in [1.82, 2.24) is 15.0 Å². The van der Waals surface area contributed by atoms with E-state index in [9.17, 15) is 4.79 Å². The van der Waals surface area contributed by atoms with Crippen LogP contribution in [0.15, 0.2) is 53.1 Å². The number of methoxy groups -OCH3 is 1. The average Bonchev–Trinajstić information content (AvgIpc) is 3.25. The van der Waals surface area contributed by atoms with Crippen LogP contribution in [0, 0.1) is 6.92 Å². The molecule has 1 aromatic heterocycles. The third-order valence-corrected chi connectivity index (χ3v) is 5.40. The summed E-state index contributed by atoms with van der Waals surface area (Å²) in [6.07, 6.45) is 1.79. The van der Waals surface area contributed by atoms with Gasteiger partial charge in [0.1, 0.15) is 5.75 Å². The highest BCUT2D eigenvalue weighted by atomic mass is 16.5. The van der Waals surface area contributed by atoms with E-state index >= 15 is 0 Å². The van der Waals surface area contributed by atoms with Crippen molar-refractivity contribution < 1.29 is 14.1 Å². The maximum atomic E-state index is 12.3. The molecular formula is C23H26N4O3. The van der Waals surface area contributed by atoms with Gasteiger partial charge in [0.25, 0.3) is 0 Å². The van der Waals surface area contributed by atoms with E-state index in [0.717, 1.165) is 42.9 Å². The zero-order valence-electron chi connectivity index (χ0n) is 17.3. The molecule has 0 unspecified atom stereocenters. The Morgan fingerprint density at radius 2 is 1.97 bits per heavy atom. The minimum absolute atomic E-state index is 0.0156. The molecule has 1 N–H and O–H groups in total. The Morgan fingerprint density at radius 3 is 2.67 bits per heavy atom. The van der Waals surface area contributed by atoms with Crippen LogP contribution in [0.2, 0.25) is 0 Å². The summed E-state index contributed by atoms with van der Waals surface area (Å²) in [7, 11) is 1.62. The van der Waals surface area contributed by atoms with Crippen molar-refractivity contribution in [2.45, 2.75) is 25.7 Å². The molecule has 0 aliphatic carbocycles. The Bertz CT molecular complexity index is 992. The molecule has 2 heterocycles. The fourth-order valence-corrected chi connectivity index (χ4v) is 3.72. The zero-order chi connectivity index (χ0) is 20.9. The lowest BCUT2D eigenvalue weighted by atomic mass is 9.97. The molecule has 0 radical (unpaired) electrons. The van der Waals surface area contributed by atoms with Crippen LogP contribution < -0.4 is 10.1 Å². The molecule has 156 valence electrons. The summed E-state index contributed by atoms with van der Waals surface area (Å²) in [4.78, 5) is 19.1. The number of nitrogens with zero attached hydrogens (tertiary/aromatic N) is 3. The minimum atomic E-state index is -0.0156. The van der Waals surface area contributed by atoms with Crippen molar-refractivity contribution in [2.24, 2.45) is 0 Å². The largest absolute Gasteiger partial charge is 0.497 e. The van der Waals surface area contributed by atoms with E-state index in [2.05, 4.69) is 26.4 Å². The summed E-state index contributed by atoms with van der Waals surface area (Å²) in [6, 6.07) is 15.4. The fourth-order valence-electron chi connectivity index (χ4n) is 3.72. The molecule has 1 saturated heterocycles. The second-order valence-electron chi connectivity index (χ2n) is 7.65. The second-order valence-corrected chi connectivity index (χ2v) is 7.65. The number of nitrogens with one attached hydrogen (secondary N) is 1. The summed E-state index contributed by atoms with van der Waals surface area (Å²) in [6.45, 7) is 4.06. The molecule has 1 amide bonds. The number of rotatable bonds is 6. The number of carbonyl (C=O) groups is 1. The number of hydrogen-bond donors (Lipinski definition) is 1. The molecule has 1 fully saturated rings. The van der Waals surface area contributed by atoms with Crippen LogP contribution in [-0.4, -0.2) is 47.7 Å². The van der Waals surface area contributed by atoms with Crippen molar-refractivity contribution in [3.8, 4) is 17.1 Å². The topological polar surface area (TPSA) is 80.5 Å². The van der Waals surface area contributed by atoms with E-state index in [1.54, 1.807) is 7.11 Å². The van der Waals surface area contributed by atoms with Crippen molar-refractivity contribution in [3.05, 3.63) is 60.0 Å². The van der Waals surface area contributed by atoms with Gasteiger partial charge in [0.05, 0.1) is 13.7 Å². The van der Waals surface area contributed by atoms with Crippen molar-refractivity contribution in [1.29, 1.82) is 0 Å². The van der Waals surface area contributed by atoms with Crippen LogP contribution in [0.1, 0.15) is 30.2 Å². The molecule has 3 aromatic rings. The predicted molar refractivity (Wildman–Crippen MR) is 115 cm³/mol. The quantitative estimate of drug-likeness (QED) is 0.669. The molecule has 0 saturated carbocycles. The number of aryl methyl sites for hydroxylation is 1. The third-order valence-electron chi connectivity index (χ3n) is 5.40. The standard InChI is InChI=1S/C23H26N4O3/c1-16-4-3-5-18(14-16)22-25-23(30-26-22)17-10-12-27(13-11-17)15-21(28)24-19-6-8-20(29-2)9-7-19/h3-9,14,17H,10-13,15H2,1-2H3,(H,24,28). The van der Waals surface area contributed by atoms with Gasteiger partial charge in [-0.2, -0.15) is 4.98 Å². The van der Waals surface area contributed by atoms with Crippen molar-refractivity contribution >= 4 is 11.6 Å². The molecule has 0 spiro atoms. The van der Waals surface area contributed by atoms with E-state index in [1.165, 1.54) is 5.56 Å². The van der Waals surface area contributed by atoms with Crippen LogP contribution in [0.25, 0.3) is 11.4 Å². The maximum Gasteiger partial charge on any atom is 0.238 e. The van der Waals surface area contributed by atoms with Gasteiger partial charge in [-0.3, -0.25) is 9.69 Å². The zero-order valence-corrected chi connectivity index (χ0v) is 17.3. The number of likely N-dealkylation sites (tertiary alicyclic amines) is 1. The van der Waals surface area contributed by atoms with Gasteiger partial charge >= 0.3 is 0 Å². The van der Waals surface area contributed by atoms with Gasteiger partial charge < -0.3 is 14.6 Å². The summed E-state index contributed by atoms with van der Waals surface area (Å²) < 4.78 is 10.7. The normalized spacial score (nSPS) is 15.1. The highest BCUT2D eigenvalue weighted by Crippen LogP contribution is 2.28. The van der Waals surface area contributed by atoms with E-state index in [4.69, 9.17) is 9.26 Å². The Hall–Kier alpha value is -3.19. The monoisotopic (exact) mass is 406 g/mol. The number of carbonyl (C=O) groups excluding carboxylic acids is 1. The highest BCUT2D eigenvalue weighted by Gasteiger charge is 2.26. The predicted octanol–water partition coefficient (Wildman–Crippen LogP) is 3.87. The maximum absolute atomic E-state index is 12.3. The number of anilines is 1. The lowest BCUT2D eigenvalue weighted by molar-refractivity contribution is -0.117. The van der Waals surface area contributed by atoms with Crippen LogP contribution in [0.3, 0.4) is 0 Å². The molecule has 4 rings (SSSR count). The number of aromatic nitrogens is 2. The van der Waals surface area contributed by atoms with Gasteiger partial charge in [-0.15, -0.1) is 0 Å².